The van der Waals surface area contributed by atoms with Crippen LogP contribution in [0.3, 0.4) is 0 Å². The molecule has 0 radical (unpaired) electrons. The molecular formula is C21H29N3O3S. The number of aromatic nitrogens is 2. The Labute approximate surface area is 170 Å². The second-order valence-electron chi connectivity index (χ2n) is 7.15. The van der Waals surface area contributed by atoms with Gasteiger partial charge in [-0.2, -0.15) is 0 Å². The van der Waals surface area contributed by atoms with Crippen molar-refractivity contribution in [2.45, 2.75) is 63.7 Å². The molecule has 0 N–H and O–H groups in total. The molecule has 0 spiro atoms. The molecule has 0 unspecified atom stereocenters. The molecule has 2 aromatic rings. The van der Waals surface area contributed by atoms with Gasteiger partial charge >= 0.3 is 5.97 Å². The SMILES string of the molecule is CCOC(=O)c1ccc2c(c1)nc(SCC(=O)N(C)C1CCCCC1)n2CC. The van der Waals surface area contributed by atoms with Gasteiger partial charge in [-0.25, -0.2) is 9.78 Å². The van der Waals surface area contributed by atoms with Gasteiger partial charge in [-0.15, -0.1) is 0 Å². The Morgan fingerprint density at radius 2 is 2.00 bits per heavy atom. The predicted octanol–water partition coefficient (Wildman–Crippen LogP) is 4.12. The van der Waals surface area contributed by atoms with Gasteiger partial charge < -0.3 is 14.2 Å². The zero-order valence-electron chi connectivity index (χ0n) is 16.9. The van der Waals surface area contributed by atoms with Gasteiger partial charge in [0.15, 0.2) is 5.16 Å². The zero-order chi connectivity index (χ0) is 20.1. The molecule has 1 aliphatic rings. The number of benzene rings is 1. The molecule has 1 aromatic carbocycles. The smallest absolute Gasteiger partial charge is 0.338 e. The maximum Gasteiger partial charge on any atom is 0.338 e. The molecule has 6 nitrogen and oxygen atoms in total. The minimum Gasteiger partial charge on any atom is -0.462 e. The third-order valence-corrected chi connectivity index (χ3v) is 6.34. The molecule has 1 aliphatic carbocycles. The largest absolute Gasteiger partial charge is 0.462 e. The van der Waals surface area contributed by atoms with Crippen LogP contribution in [0, 0.1) is 0 Å². The third-order valence-electron chi connectivity index (χ3n) is 5.38. The fourth-order valence-electron chi connectivity index (χ4n) is 3.76. The van der Waals surface area contributed by atoms with E-state index >= 15 is 0 Å². The van der Waals surface area contributed by atoms with Crippen molar-refractivity contribution < 1.29 is 14.3 Å². The Morgan fingerprint density at radius 3 is 2.68 bits per heavy atom. The lowest BCUT2D eigenvalue weighted by molar-refractivity contribution is -0.129. The van der Waals surface area contributed by atoms with Crippen LogP contribution in [0.5, 0.6) is 0 Å². The maximum absolute atomic E-state index is 12.7. The monoisotopic (exact) mass is 403 g/mol. The highest BCUT2D eigenvalue weighted by Gasteiger charge is 2.23. The van der Waals surface area contributed by atoms with Crippen LogP contribution in [0.2, 0.25) is 0 Å². The number of hydrogen-bond donors (Lipinski definition) is 0. The fourth-order valence-corrected chi connectivity index (χ4v) is 4.77. The van der Waals surface area contributed by atoms with E-state index in [2.05, 4.69) is 16.5 Å². The number of amides is 1. The molecule has 1 aromatic heterocycles. The van der Waals surface area contributed by atoms with Gasteiger partial charge in [0.1, 0.15) is 0 Å². The van der Waals surface area contributed by atoms with E-state index in [1.807, 2.05) is 18.0 Å². The van der Waals surface area contributed by atoms with Crippen LogP contribution < -0.4 is 0 Å². The summed E-state index contributed by atoms with van der Waals surface area (Å²) in [5.74, 6) is 0.189. The van der Waals surface area contributed by atoms with Gasteiger partial charge in [0.05, 0.1) is 29.0 Å². The van der Waals surface area contributed by atoms with Crippen LogP contribution >= 0.6 is 11.8 Å². The highest BCUT2D eigenvalue weighted by atomic mass is 32.2. The Balaban J connectivity index is 1.73. The van der Waals surface area contributed by atoms with Crippen molar-refractivity contribution in [2.75, 3.05) is 19.4 Å². The molecule has 1 amide bonds. The molecule has 1 saturated carbocycles. The number of carbonyl (C=O) groups excluding carboxylic acids is 2. The van der Waals surface area contributed by atoms with Gasteiger partial charge in [-0.05, 0) is 44.9 Å². The Bertz CT molecular complexity index is 843. The lowest BCUT2D eigenvalue weighted by Crippen LogP contribution is -2.39. The van der Waals surface area contributed by atoms with Crippen molar-refractivity contribution in [2.24, 2.45) is 0 Å². The molecular weight excluding hydrogens is 374 g/mol. The molecule has 152 valence electrons. The van der Waals surface area contributed by atoms with E-state index < -0.39 is 0 Å². The maximum atomic E-state index is 12.7. The number of hydrogen-bond acceptors (Lipinski definition) is 5. The predicted molar refractivity (Wildman–Crippen MR) is 112 cm³/mol. The van der Waals surface area contributed by atoms with Gasteiger partial charge in [0.25, 0.3) is 0 Å². The van der Waals surface area contributed by atoms with Crippen molar-refractivity contribution in [3.8, 4) is 0 Å². The molecule has 28 heavy (non-hydrogen) atoms. The first-order valence-corrected chi connectivity index (χ1v) is 11.1. The van der Waals surface area contributed by atoms with Crippen molar-refractivity contribution in [1.29, 1.82) is 0 Å². The van der Waals surface area contributed by atoms with Crippen LogP contribution in [-0.4, -0.2) is 51.8 Å². The minimum absolute atomic E-state index is 0.152. The highest BCUT2D eigenvalue weighted by molar-refractivity contribution is 7.99. The van der Waals surface area contributed by atoms with Gasteiger partial charge in [0, 0.05) is 19.6 Å². The summed E-state index contributed by atoms with van der Waals surface area (Å²) in [7, 11) is 1.92. The van der Waals surface area contributed by atoms with E-state index in [1.165, 1.54) is 31.0 Å². The summed E-state index contributed by atoms with van der Waals surface area (Å²) in [4.78, 5) is 31.2. The van der Waals surface area contributed by atoms with Gasteiger partial charge in [0.2, 0.25) is 5.91 Å². The van der Waals surface area contributed by atoms with E-state index in [1.54, 1.807) is 19.1 Å². The van der Waals surface area contributed by atoms with E-state index in [4.69, 9.17) is 4.74 Å². The highest BCUT2D eigenvalue weighted by Crippen LogP contribution is 2.27. The summed E-state index contributed by atoms with van der Waals surface area (Å²) in [5.41, 5.74) is 2.22. The lowest BCUT2D eigenvalue weighted by Gasteiger charge is -2.31. The van der Waals surface area contributed by atoms with Crippen molar-refractivity contribution in [1.82, 2.24) is 14.5 Å². The van der Waals surface area contributed by atoms with E-state index in [0.29, 0.717) is 24.0 Å². The van der Waals surface area contributed by atoms with Crippen LogP contribution in [0.25, 0.3) is 11.0 Å². The molecule has 7 heteroatoms. The second-order valence-corrected chi connectivity index (χ2v) is 8.09. The second kappa shape index (κ2) is 9.45. The summed E-state index contributed by atoms with van der Waals surface area (Å²) < 4.78 is 7.16. The van der Waals surface area contributed by atoms with E-state index in [9.17, 15) is 9.59 Å². The first-order chi connectivity index (χ1) is 13.5. The number of ether oxygens (including phenoxy) is 1. The number of carbonyl (C=O) groups is 2. The molecule has 1 fully saturated rings. The average Bonchev–Trinajstić information content (AvgIpc) is 3.08. The van der Waals surface area contributed by atoms with Gasteiger partial charge in [-0.1, -0.05) is 31.0 Å². The molecule has 0 aliphatic heterocycles. The van der Waals surface area contributed by atoms with Crippen molar-refractivity contribution in [3.63, 3.8) is 0 Å². The van der Waals surface area contributed by atoms with Crippen LogP contribution in [0.15, 0.2) is 23.4 Å². The number of esters is 1. The first-order valence-electron chi connectivity index (χ1n) is 10.1. The van der Waals surface area contributed by atoms with Crippen molar-refractivity contribution >= 4 is 34.7 Å². The molecule has 3 rings (SSSR count). The number of fused-ring (bicyclic) bond motifs is 1. The summed E-state index contributed by atoms with van der Waals surface area (Å²) in [6.07, 6.45) is 5.92. The van der Waals surface area contributed by atoms with E-state index in [0.717, 1.165) is 35.6 Å². The molecule has 1 heterocycles. The zero-order valence-corrected chi connectivity index (χ0v) is 17.8. The summed E-state index contributed by atoms with van der Waals surface area (Å²) in [5, 5.41) is 0.809. The Morgan fingerprint density at radius 1 is 1.25 bits per heavy atom. The van der Waals surface area contributed by atoms with Crippen LogP contribution in [0.4, 0.5) is 0 Å². The normalized spacial score (nSPS) is 15.0. The number of rotatable bonds is 7. The van der Waals surface area contributed by atoms with Crippen LogP contribution in [0.1, 0.15) is 56.3 Å². The standard InChI is InChI=1S/C21H29N3O3S/c1-4-24-18-12-11-15(20(26)27-5-2)13-17(18)22-21(24)28-14-19(25)23(3)16-9-7-6-8-10-16/h11-13,16H,4-10,14H2,1-3H3. The minimum atomic E-state index is -0.339. The summed E-state index contributed by atoms with van der Waals surface area (Å²) in [6.45, 7) is 4.95. The topological polar surface area (TPSA) is 64.4 Å². The number of thioether (sulfide) groups is 1. The van der Waals surface area contributed by atoms with Gasteiger partial charge in [-0.3, -0.25) is 4.79 Å². The average molecular weight is 404 g/mol. The number of nitrogens with zero attached hydrogens (tertiary/aromatic N) is 3. The summed E-state index contributed by atoms with van der Waals surface area (Å²) in [6, 6.07) is 5.81. The quantitative estimate of drug-likeness (QED) is 0.514. The first kappa shape index (κ1) is 20.7. The number of imidazole rings is 1. The lowest BCUT2D eigenvalue weighted by atomic mass is 9.94. The fraction of sp³-hybridized carbons (Fsp3) is 0.571. The molecule has 0 atom stereocenters. The Kier molecular flexibility index (Phi) is 6.99. The Hall–Kier alpha value is -2.02. The molecule has 0 saturated heterocycles. The van der Waals surface area contributed by atoms with Crippen LogP contribution in [-0.2, 0) is 16.1 Å². The summed E-state index contributed by atoms with van der Waals surface area (Å²) >= 11 is 1.47. The van der Waals surface area contributed by atoms with E-state index in [-0.39, 0.29) is 11.9 Å². The molecule has 0 bridgehead atoms. The third kappa shape index (κ3) is 4.51. The number of aryl methyl sites for hydroxylation is 1. The van der Waals surface area contributed by atoms with Crippen molar-refractivity contribution in [3.05, 3.63) is 23.8 Å².